The van der Waals surface area contributed by atoms with E-state index in [4.69, 9.17) is 4.98 Å². The second kappa shape index (κ2) is 7.92. The van der Waals surface area contributed by atoms with Gasteiger partial charge in [0.2, 0.25) is 5.91 Å². The predicted molar refractivity (Wildman–Crippen MR) is 123 cm³/mol. The number of hydrogen-bond donors (Lipinski definition) is 0. The maximum absolute atomic E-state index is 13.5. The number of nitrogens with zero attached hydrogens (tertiary/aromatic N) is 5. The molecule has 160 valence electrons. The van der Waals surface area contributed by atoms with E-state index in [1.807, 2.05) is 35.2 Å². The van der Waals surface area contributed by atoms with Crippen molar-refractivity contribution in [3.8, 4) is 11.4 Å². The Balaban J connectivity index is 1.72. The SMILES string of the molecule is CCc1c(C)sc2c1c1nc(-c3ccccc3)nn1c(=O)n2CC(=O)N1CCCCC1. The highest BCUT2D eigenvalue weighted by Gasteiger charge is 2.24. The van der Waals surface area contributed by atoms with Gasteiger partial charge in [-0.05, 0) is 38.2 Å². The van der Waals surface area contributed by atoms with Crippen LogP contribution in [0, 0.1) is 6.92 Å². The summed E-state index contributed by atoms with van der Waals surface area (Å²) in [7, 11) is 0. The van der Waals surface area contributed by atoms with Gasteiger partial charge in [-0.1, -0.05) is 37.3 Å². The quantitative estimate of drug-likeness (QED) is 0.490. The van der Waals surface area contributed by atoms with E-state index in [0.717, 1.165) is 65.0 Å². The predicted octanol–water partition coefficient (Wildman–Crippen LogP) is 3.66. The van der Waals surface area contributed by atoms with E-state index >= 15 is 0 Å². The molecule has 5 rings (SSSR count). The summed E-state index contributed by atoms with van der Waals surface area (Å²) in [6.07, 6.45) is 4.03. The molecule has 0 aliphatic carbocycles. The Kier molecular flexibility index (Phi) is 5.09. The number of rotatable bonds is 4. The van der Waals surface area contributed by atoms with Crippen LogP contribution in [0.15, 0.2) is 35.1 Å². The van der Waals surface area contributed by atoms with E-state index < -0.39 is 0 Å². The standard InChI is InChI=1S/C23H25N5O2S/c1-3-17-15(2)31-22-19(17)21-24-20(16-10-6-4-7-11-16)25-28(21)23(30)27(22)14-18(29)26-12-8-5-9-13-26/h4,6-7,10-11H,3,5,8-9,12-14H2,1-2H3. The molecule has 0 radical (unpaired) electrons. The van der Waals surface area contributed by atoms with Gasteiger partial charge in [0.25, 0.3) is 0 Å². The fourth-order valence-electron chi connectivity index (χ4n) is 4.45. The number of fused-ring (bicyclic) bond motifs is 3. The van der Waals surface area contributed by atoms with Crippen molar-refractivity contribution >= 4 is 33.1 Å². The second-order valence-electron chi connectivity index (χ2n) is 8.02. The number of amides is 1. The minimum Gasteiger partial charge on any atom is -0.341 e. The van der Waals surface area contributed by atoms with Crippen LogP contribution in [-0.4, -0.2) is 43.1 Å². The largest absolute Gasteiger partial charge is 0.352 e. The molecule has 1 fully saturated rings. The molecule has 0 N–H and O–H groups in total. The number of aromatic nitrogens is 4. The van der Waals surface area contributed by atoms with Crippen molar-refractivity contribution in [3.05, 3.63) is 51.3 Å². The zero-order chi connectivity index (χ0) is 21.5. The third-order valence-electron chi connectivity index (χ3n) is 6.07. The molecule has 7 nitrogen and oxygen atoms in total. The number of benzene rings is 1. The van der Waals surface area contributed by atoms with Crippen molar-refractivity contribution in [2.45, 2.75) is 46.1 Å². The summed E-state index contributed by atoms with van der Waals surface area (Å²) < 4.78 is 2.97. The van der Waals surface area contributed by atoms with Crippen molar-refractivity contribution in [2.24, 2.45) is 0 Å². The van der Waals surface area contributed by atoms with Gasteiger partial charge in [0.15, 0.2) is 11.5 Å². The summed E-state index contributed by atoms with van der Waals surface area (Å²) in [6.45, 7) is 5.74. The van der Waals surface area contributed by atoms with Crippen LogP contribution in [0.25, 0.3) is 27.3 Å². The maximum atomic E-state index is 13.5. The van der Waals surface area contributed by atoms with Crippen LogP contribution in [0.1, 0.15) is 36.6 Å². The first-order valence-electron chi connectivity index (χ1n) is 10.8. The van der Waals surface area contributed by atoms with E-state index in [1.54, 1.807) is 15.9 Å². The van der Waals surface area contributed by atoms with E-state index in [0.29, 0.717) is 11.5 Å². The Morgan fingerprint density at radius 2 is 1.87 bits per heavy atom. The molecule has 4 heterocycles. The minimum absolute atomic E-state index is 0.00468. The Morgan fingerprint density at radius 1 is 1.13 bits per heavy atom. The van der Waals surface area contributed by atoms with Crippen molar-refractivity contribution < 1.29 is 4.79 Å². The van der Waals surface area contributed by atoms with Crippen LogP contribution >= 0.6 is 11.3 Å². The lowest BCUT2D eigenvalue weighted by atomic mass is 10.1. The molecular weight excluding hydrogens is 410 g/mol. The average Bonchev–Trinajstić information content (AvgIpc) is 3.39. The molecule has 1 saturated heterocycles. The van der Waals surface area contributed by atoms with Crippen molar-refractivity contribution in [1.82, 2.24) is 24.1 Å². The Labute approximate surface area is 183 Å². The molecule has 1 amide bonds. The summed E-state index contributed by atoms with van der Waals surface area (Å²) >= 11 is 1.56. The number of carbonyl (C=O) groups excluding carboxylic acids is 1. The van der Waals surface area contributed by atoms with Gasteiger partial charge in [-0.3, -0.25) is 9.36 Å². The Bertz CT molecular complexity index is 1330. The molecule has 1 aromatic carbocycles. The topological polar surface area (TPSA) is 72.5 Å². The van der Waals surface area contributed by atoms with E-state index in [1.165, 1.54) is 4.52 Å². The summed E-state index contributed by atoms with van der Waals surface area (Å²) in [4.78, 5) is 35.1. The molecule has 3 aromatic heterocycles. The number of piperidine rings is 1. The molecule has 1 aliphatic rings. The van der Waals surface area contributed by atoms with Gasteiger partial charge < -0.3 is 4.90 Å². The first-order chi connectivity index (χ1) is 15.1. The molecule has 1 aliphatic heterocycles. The van der Waals surface area contributed by atoms with Crippen LogP contribution < -0.4 is 5.69 Å². The second-order valence-corrected chi connectivity index (χ2v) is 9.22. The number of likely N-dealkylation sites (tertiary alicyclic amines) is 1. The minimum atomic E-state index is -0.313. The monoisotopic (exact) mass is 435 g/mol. The van der Waals surface area contributed by atoms with Gasteiger partial charge in [0, 0.05) is 23.5 Å². The van der Waals surface area contributed by atoms with Crippen molar-refractivity contribution in [1.29, 1.82) is 0 Å². The van der Waals surface area contributed by atoms with Crippen LogP contribution in [0.4, 0.5) is 0 Å². The highest BCUT2D eigenvalue weighted by atomic mass is 32.1. The zero-order valence-corrected chi connectivity index (χ0v) is 18.6. The Morgan fingerprint density at radius 3 is 2.58 bits per heavy atom. The highest BCUT2D eigenvalue weighted by molar-refractivity contribution is 7.19. The normalized spacial score (nSPS) is 14.6. The number of hydrogen-bond acceptors (Lipinski definition) is 5. The first-order valence-corrected chi connectivity index (χ1v) is 11.6. The molecule has 8 heteroatoms. The van der Waals surface area contributed by atoms with Crippen molar-refractivity contribution in [2.75, 3.05) is 13.1 Å². The summed E-state index contributed by atoms with van der Waals surface area (Å²) in [5.74, 6) is 0.514. The molecule has 0 spiro atoms. The lowest BCUT2D eigenvalue weighted by Gasteiger charge is -2.27. The van der Waals surface area contributed by atoms with E-state index in [2.05, 4.69) is 18.9 Å². The third-order valence-corrected chi connectivity index (χ3v) is 7.24. The Hall–Kier alpha value is -3.00. The van der Waals surface area contributed by atoms with Gasteiger partial charge >= 0.3 is 5.69 Å². The van der Waals surface area contributed by atoms with E-state index in [9.17, 15) is 9.59 Å². The smallest absolute Gasteiger partial charge is 0.341 e. The van der Waals surface area contributed by atoms with Crippen LogP contribution in [-0.2, 0) is 17.8 Å². The molecule has 0 atom stereocenters. The molecule has 0 bridgehead atoms. The third kappa shape index (κ3) is 3.35. The molecule has 0 saturated carbocycles. The van der Waals surface area contributed by atoms with Crippen LogP contribution in [0.3, 0.4) is 0 Å². The lowest BCUT2D eigenvalue weighted by molar-refractivity contribution is -0.132. The number of carbonyl (C=O) groups is 1. The molecule has 4 aromatic rings. The van der Waals surface area contributed by atoms with Gasteiger partial charge in [-0.2, -0.15) is 4.52 Å². The fraction of sp³-hybridized carbons (Fsp3) is 0.391. The lowest BCUT2D eigenvalue weighted by Crippen LogP contribution is -2.40. The van der Waals surface area contributed by atoms with Crippen molar-refractivity contribution in [3.63, 3.8) is 0 Å². The number of thiophene rings is 1. The van der Waals surface area contributed by atoms with Gasteiger partial charge in [-0.25, -0.2) is 9.78 Å². The summed E-state index contributed by atoms with van der Waals surface area (Å²) in [5.41, 5.74) is 2.28. The molecule has 0 unspecified atom stereocenters. The summed E-state index contributed by atoms with van der Waals surface area (Å²) in [5, 5.41) is 5.49. The average molecular weight is 436 g/mol. The van der Waals surface area contributed by atoms with Gasteiger partial charge in [-0.15, -0.1) is 16.4 Å². The van der Waals surface area contributed by atoms with Crippen LogP contribution in [0.5, 0.6) is 0 Å². The molecular formula is C23H25N5O2S. The highest BCUT2D eigenvalue weighted by Crippen LogP contribution is 2.33. The molecule has 31 heavy (non-hydrogen) atoms. The zero-order valence-electron chi connectivity index (χ0n) is 17.8. The van der Waals surface area contributed by atoms with Gasteiger partial charge in [0.05, 0.1) is 5.39 Å². The van der Waals surface area contributed by atoms with E-state index in [-0.39, 0.29) is 18.1 Å². The van der Waals surface area contributed by atoms with Gasteiger partial charge in [0.1, 0.15) is 11.4 Å². The summed E-state index contributed by atoms with van der Waals surface area (Å²) in [6, 6.07) is 9.67. The number of aryl methyl sites for hydroxylation is 2. The fourth-order valence-corrected chi connectivity index (χ4v) is 5.67. The first kappa shape index (κ1) is 19.9. The van der Waals surface area contributed by atoms with Crippen LogP contribution in [0.2, 0.25) is 0 Å². The maximum Gasteiger partial charge on any atom is 0.352 e.